The van der Waals surface area contributed by atoms with Gasteiger partial charge in [0.2, 0.25) is 0 Å². The Bertz CT molecular complexity index is 7250. The van der Waals surface area contributed by atoms with Crippen LogP contribution in [0.1, 0.15) is 168 Å². The third-order valence-corrected chi connectivity index (χ3v) is 22.4. The van der Waals surface area contributed by atoms with E-state index in [-0.39, 0.29) is 114 Å². The molecule has 0 saturated heterocycles. The summed E-state index contributed by atoms with van der Waals surface area (Å²) in [7, 11) is 5.27. The number of hydrogen-bond donors (Lipinski definition) is 7. The zero-order valence-electron chi connectivity index (χ0n) is 81.3. The molecule has 4 amide bonds. The maximum atomic E-state index is 12.2. The molecule has 0 atom stereocenters. The third kappa shape index (κ3) is 36.8. The molecule has 0 aliphatic heterocycles. The molecule has 0 aliphatic carbocycles. The molecular weight excluding hydrogens is 1900 g/mol. The number of fused-ring (bicyclic) bond motifs is 1. The van der Waals surface area contributed by atoms with Crippen LogP contribution in [0.3, 0.4) is 0 Å². The number of benzene rings is 14. The predicted molar refractivity (Wildman–Crippen MR) is 559 cm³/mol. The minimum Gasteiger partial charge on any atom is -0.478 e. The molecule has 750 valence electrons. The number of Topliss-reactive ketones (excluding diaryl/α,β-unsaturated/α-hetero) is 7. The van der Waals surface area contributed by atoms with Crippen molar-refractivity contribution in [3.05, 3.63) is 462 Å². The van der Waals surface area contributed by atoms with Crippen molar-refractivity contribution in [3.8, 4) is 6.07 Å². The predicted octanol–water partition coefficient (Wildman–Crippen LogP) is 20.4. The molecule has 0 bridgehead atoms. The average Bonchev–Trinajstić information content (AvgIpc) is 0.939. The number of carboxylic acid groups (broad SMARTS) is 3. The molecule has 30 nitrogen and oxygen atoms in total. The SMILES string of the molecule is CC(=O)c1cccc(NC(=O)Nc2ccccc2C(=O)O)c1.CC(=O)c1ccccc1CC(=O)Cc1ccccc1C(=O)O.COC(=O)c1ccccc1CC(=O)Cc1cccc(C#N)c1.COC(=O)c1ccccc1CC(=O)Cc1ccccc1.COC(=O)c1ccccc1CC(=O)Cc1nncs1.COC(=O)c1ccccc1NC(=O)Nc1ccc2ccccc2c1.O=C(Cc1ccccc1)Cc1ccccc1C(=O)O. The van der Waals surface area contributed by atoms with E-state index in [1.54, 1.807) is 212 Å². The standard InChI is InChI=1S/C19H16N2O3.C18H15NO3.C18H16O4.C17H16O3.C16H14N2O4.C16H14O3.C13H12N2O3S/c1-24-18(22)16-8-4-5-9-17(16)21-19(23)20-15-11-10-13-6-2-3-7-14(13)12-15;1-22-18(21)17-8-3-2-7-15(17)11-16(20)10-13-5-4-6-14(9-13)12-19;1-12(19)16-8-4-2-6-13(16)10-15(20)11-14-7-3-5-9-17(14)18(21)22;1-20-17(19)16-10-6-5-9-14(16)12-15(18)11-13-7-3-2-4-8-13;1-10(19)11-5-4-6-12(9-11)17-16(22)18-14-8-3-2-7-13(14)15(20)21;17-14(10-12-6-2-1-3-7-12)11-13-8-4-5-9-15(13)16(18)19;1-18-13(17)11-5-3-2-4-9(11)6-10(16)7-12-15-14-8-19-12/h2-12H,1H3,(H2,20,21,23);2-9H,10-11H2,1H3;2-9H,10-11H2,1H3,(H,21,22);2-10H,11-12H2,1H3;2-9H,1H3,(H,20,21)(H2,17,18,22);1-9H,10-11H2,(H,18,19);2-5,8H,6-7H2,1H3. The van der Waals surface area contributed by atoms with E-state index in [0.717, 1.165) is 27.5 Å². The molecule has 0 spiro atoms. The number of esters is 4. The smallest absolute Gasteiger partial charge is 0.339 e. The van der Waals surface area contributed by atoms with Gasteiger partial charge in [-0.2, -0.15) is 5.26 Å². The fourth-order valence-electron chi connectivity index (χ4n) is 14.7. The molecule has 15 aromatic rings. The van der Waals surface area contributed by atoms with Crippen molar-refractivity contribution >= 4 is 139 Å². The highest BCUT2D eigenvalue weighted by Crippen LogP contribution is 2.26. The van der Waals surface area contributed by atoms with Gasteiger partial charge >= 0.3 is 53.8 Å². The Labute approximate surface area is 856 Å². The van der Waals surface area contributed by atoms with Crippen LogP contribution in [0.15, 0.2) is 351 Å². The Morgan fingerprint density at radius 3 is 1.02 bits per heavy atom. The normalized spacial score (nSPS) is 10.1. The van der Waals surface area contributed by atoms with Gasteiger partial charge in [0.15, 0.2) is 11.6 Å². The van der Waals surface area contributed by atoms with Crippen LogP contribution in [-0.4, -0.2) is 148 Å². The van der Waals surface area contributed by atoms with E-state index in [1.807, 2.05) is 121 Å². The van der Waals surface area contributed by atoms with E-state index in [9.17, 15) is 76.7 Å². The Morgan fingerprint density at radius 2 is 0.615 bits per heavy atom. The molecule has 0 aliphatic rings. The van der Waals surface area contributed by atoms with E-state index in [1.165, 1.54) is 77.9 Å². The summed E-state index contributed by atoms with van der Waals surface area (Å²) in [5.74, 6) is -5.23. The lowest BCUT2D eigenvalue weighted by Crippen LogP contribution is -2.21. The number of methoxy groups -OCH3 is 4. The maximum absolute atomic E-state index is 12.2. The van der Waals surface area contributed by atoms with E-state index in [0.29, 0.717) is 107 Å². The van der Waals surface area contributed by atoms with Gasteiger partial charge in [-0.15, -0.1) is 21.5 Å². The molecule has 1 aromatic heterocycles. The zero-order valence-corrected chi connectivity index (χ0v) is 82.1. The molecular formula is C117H103N7O23S. The second-order valence-corrected chi connectivity index (χ2v) is 33.3. The van der Waals surface area contributed by atoms with Crippen LogP contribution in [0.2, 0.25) is 0 Å². The first-order valence-corrected chi connectivity index (χ1v) is 46.6. The summed E-state index contributed by atoms with van der Waals surface area (Å²) in [4.78, 5) is 187. The van der Waals surface area contributed by atoms with E-state index >= 15 is 0 Å². The first-order valence-electron chi connectivity index (χ1n) is 45.7. The number of ether oxygens (including phenoxy) is 4. The number of para-hydroxylation sites is 2. The Morgan fingerprint density at radius 1 is 0.291 bits per heavy atom. The Kier molecular flexibility index (Phi) is 44.8. The molecule has 148 heavy (non-hydrogen) atoms. The summed E-state index contributed by atoms with van der Waals surface area (Å²) >= 11 is 1.34. The molecule has 7 N–H and O–H groups in total. The van der Waals surface area contributed by atoms with Crippen molar-refractivity contribution in [2.24, 2.45) is 0 Å². The highest BCUT2D eigenvalue weighted by Gasteiger charge is 2.23. The van der Waals surface area contributed by atoms with Gasteiger partial charge in [-0.25, -0.2) is 43.2 Å². The van der Waals surface area contributed by atoms with Crippen LogP contribution in [0.4, 0.5) is 32.3 Å². The molecule has 0 fully saturated rings. The van der Waals surface area contributed by atoms with Crippen molar-refractivity contribution < 1.29 is 111 Å². The number of nitrogens with one attached hydrogen (secondary N) is 4. The lowest BCUT2D eigenvalue weighted by Gasteiger charge is -2.11. The molecule has 1 heterocycles. The third-order valence-electron chi connectivity index (χ3n) is 21.7. The number of nitriles is 1. The van der Waals surface area contributed by atoms with Gasteiger partial charge in [-0.1, -0.05) is 255 Å². The molecule has 31 heteroatoms. The second-order valence-electron chi connectivity index (χ2n) is 32.4. The Hall–Kier alpha value is -19.1. The number of hydrogen-bond acceptors (Lipinski definition) is 24. The summed E-state index contributed by atoms with van der Waals surface area (Å²) in [5.41, 5.74) is 13.2. The van der Waals surface area contributed by atoms with Crippen LogP contribution < -0.4 is 21.3 Å². The molecule has 0 unspecified atom stereocenters. The average molecular weight is 2010 g/mol. The highest BCUT2D eigenvalue weighted by atomic mass is 32.1. The number of carbonyl (C=O) groups excluding carboxylic acids is 13. The number of carbonyl (C=O) groups is 16. The number of ketones is 7. The molecule has 15 rings (SSSR count). The fourth-order valence-corrected chi connectivity index (χ4v) is 15.3. The van der Waals surface area contributed by atoms with E-state index in [4.69, 9.17) is 39.5 Å². The van der Waals surface area contributed by atoms with Gasteiger partial charge in [0.05, 0.1) is 96.8 Å². The van der Waals surface area contributed by atoms with Crippen molar-refractivity contribution in [1.29, 1.82) is 5.26 Å². The van der Waals surface area contributed by atoms with Crippen LogP contribution >= 0.6 is 11.3 Å². The lowest BCUT2D eigenvalue weighted by molar-refractivity contribution is -0.118. The topological polar surface area (TPSA) is 468 Å². The van der Waals surface area contributed by atoms with Gasteiger partial charge < -0.3 is 55.5 Å². The van der Waals surface area contributed by atoms with Crippen LogP contribution in [0, 0.1) is 11.3 Å². The number of amides is 4. The molecule has 0 saturated carbocycles. The van der Waals surface area contributed by atoms with Crippen molar-refractivity contribution in [2.75, 3.05) is 49.7 Å². The number of urea groups is 2. The van der Waals surface area contributed by atoms with Crippen molar-refractivity contribution in [2.45, 2.75) is 78.1 Å². The molecule has 0 radical (unpaired) electrons. The van der Waals surface area contributed by atoms with Crippen molar-refractivity contribution in [3.63, 3.8) is 0 Å². The van der Waals surface area contributed by atoms with Crippen molar-refractivity contribution in [1.82, 2.24) is 10.2 Å². The fraction of sp³-hybridized carbons (Fsp3) is 0.137. The van der Waals surface area contributed by atoms with E-state index in [2.05, 4.69) is 31.5 Å². The number of rotatable bonds is 33. The first kappa shape index (κ1) is 113. The number of carboxylic acids is 3. The summed E-state index contributed by atoms with van der Waals surface area (Å²) in [6, 6.07) is 101. The summed E-state index contributed by atoms with van der Waals surface area (Å²) in [6.07, 6.45) is 2.04. The number of aromatic nitrogens is 2. The number of anilines is 4. The van der Waals surface area contributed by atoms with Gasteiger partial charge in [0.25, 0.3) is 0 Å². The maximum Gasteiger partial charge on any atom is 0.339 e. The number of nitrogens with zero attached hydrogens (tertiary/aromatic N) is 3. The largest absolute Gasteiger partial charge is 0.478 e. The quantitative estimate of drug-likeness (QED) is 0.0114. The minimum absolute atomic E-state index is 0.00450. The van der Waals surface area contributed by atoms with Crippen LogP contribution in [0.25, 0.3) is 10.8 Å². The summed E-state index contributed by atoms with van der Waals surface area (Å²) < 4.78 is 18.9. The summed E-state index contributed by atoms with van der Waals surface area (Å²) in [6.45, 7) is 2.89. The monoisotopic (exact) mass is 2010 g/mol. The highest BCUT2D eigenvalue weighted by molar-refractivity contribution is 7.09. The molecule has 14 aromatic carbocycles. The lowest BCUT2D eigenvalue weighted by atomic mass is 9.95. The first-order chi connectivity index (χ1) is 71.3. The van der Waals surface area contributed by atoms with Gasteiger partial charge in [-0.05, 0) is 166 Å². The van der Waals surface area contributed by atoms with Crippen LogP contribution in [-0.2, 0) is 107 Å². The minimum atomic E-state index is -1.13. The van der Waals surface area contributed by atoms with Gasteiger partial charge in [-0.3, -0.25) is 33.6 Å². The van der Waals surface area contributed by atoms with Gasteiger partial charge in [0.1, 0.15) is 39.4 Å². The number of aromatic carboxylic acids is 3. The zero-order chi connectivity index (χ0) is 107. The Balaban J connectivity index is 0.000000192. The second kappa shape index (κ2) is 59.0. The van der Waals surface area contributed by atoms with Gasteiger partial charge in [0, 0.05) is 80.3 Å². The summed E-state index contributed by atoms with van der Waals surface area (Å²) in [5, 5.41) is 56.9. The van der Waals surface area contributed by atoms with E-state index < -0.39 is 53.8 Å². The van der Waals surface area contributed by atoms with Crippen LogP contribution in [0.5, 0.6) is 0 Å².